The van der Waals surface area contributed by atoms with Crippen LogP contribution in [0.1, 0.15) is 96.4 Å². The number of carbonyl (C=O) groups is 1. The summed E-state index contributed by atoms with van der Waals surface area (Å²) in [5, 5.41) is 10.3. The molecule has 2 atom stereocenters. The Morgan fingerprint density at radius 3 is 2.51 bits per heavy atom. The van der Waals surface area contributed by atoms with Gasteiger partial charge in [-0.05, 0) is 101 Å². The number of aryl methyl sites for hydroxylation is 1. The zero-order chi connectivity index (χ0) is 30.0. The first kappa shape index (κ1) is 32.3. The molecule has 5 nitrogen and oxygen atoms in total. The number of carbonyl (C=O) groups excluding carboxylic acids is 1. The van der Waals surface area contributed by atoms with E-state index in [1.807, 2.05) is 33.1 Å². The van der Waals surface area contributed by atoms with Crippen molar-refractivity contribution < 1.29 is 9.18 Å². The molecular weight excluding hydrogens is 511 g/mol. The van der Waals surface area contributed by atoms with Gasteiger partial charge < -0.3 is 16.0 Å². The van der Waals surface area contributed by atoms with Crippen LogP contribution in [0.2, 0.25) is 0 Å². The summed E-state index contributed by atoms with van der Waals surface area (Å²) in [7, 11) is 0. The maximum absolute atomic E-state index is 15.1. The predicted molar refractivity (Wildman–Crippen MR) is 170 cm³/mol. The van der Waals surface area contributed by atoms with E-state index in [1.54, 1.807) is 12.2 Å². The molecule has 3 N–H and O–H groups in total. The fourth-order valence-corrected chi connectivity index (χ4v) is 5.72. The van der Waals surface area contributed by atoms with E-state index in [-0.39, 0.29) is 17.8 Å². The van der Waals surface area contributed by atoms with Gasteiger partial charge in [0.25, 0.3) is 0 Å². The van der Waals surface area contributed by atoms with E-state index >= 15 is 4.39 Å². The van der Waals surface area contributed by atoms with Gasteiger partial charge in [-0.15, -0.1) is 0 Å². The van der Waals surface area contributed by atoms with Crippen molar-refractivity contribution in [3.05, 3.63) is 93.9 Å². The summed E-state index contributed by atoms with van der Waals surface area (Å²) in [4.78, 5) is 18.5. The normalized spacial score (nSPS) is 20.8. The second-order valence-electron chi connectivity index (χ2n) is 11.2. The third kappa shape index (κ3) is 7.53. The highest BCUT2D eigenvalue weighted by molar-refractivity contribution is 5.92. The Hall–Kier alpha value is -3.25. The van der Waals surface area contributed by atoms with E-state index < -0.39 is 5.41 Å². The fraction of sp³-hybridized carbons (Fsp3) is 0.486. The van der Waals surface area contributed by atoms with Crippen molar-refractivity contribution in [2.75, 3.05) is 13.1 Å². The number of piperidine rings is 1. The highest BCUT2D eigenvalue weighted by Crippen LogP contribution is 2.40. The molecule has 0 amide bonds. The van der Waals surface area contributed by atoms with Gasteiger partial charge in [-0.2, -0.15) is 0 Å². The van der Waals surface area contributed by atoms with Crippen molar-refractivity contribution in [1.29, 1.82) is 0 Å². The molecule has 2 aliphatic heterocycles. The molecule has 0 bridgehead atoms. The predicted octanol–water partition coefficient (Wildman–Crippen LogP) is 7.78. The van der Waals surface area contributed by atoms with Crippen LogP contribution in [0.5, 0.6) is 0 Å². The summed E-state index contributed by atoms with van der Waals surface area (Å²) in [6.45, 7) is 15.9. The van der Waals surface area contributed by atoms with E-state index in [1.165, 1.54) is 6.08 Å². The van der Waals surface area contributed by atoms with E-state index in [9.17, 15) is 4.79 Å². The summed E-state index contributed by atoms with van der Waals surface area (Å²) < 4.78 is 15.1. The van der Waals surface area contributed by atoms with Gasteiger partial charge in [-0.3, -0.25) is 9.79 Å². The first-order valence-corrected chi connectivity index (χ1v) is 15.3. The fourth-order valence-electron chi connectivity index (χ4n) is 5.72. The zero-order valence-corrected chi connectivity index (χ0v) is 26.0. The van der Waals surface area contributed by atoms with Crippen LogP contribution in [0, 0.1) is 12.8 Å². The minimum Gasteiger partial charge on any atom is -0.361 e. The monoisotopic (exact) mass is 560 g/mol. The Morgan fingerprint density at radius 1 is 1.17 bits per heavy atom. The lowest BCUT2D eigenvalue weighted by atomic mass is 9.65. The van der Waals surface area contributed by atoms with E-state index in [0.29, 0.717) is 11.5 Å². The van der Waals surface area contributed by atoms with Gasteiger partial charge in [0.05, 0.1) is 22.9 Å². The maximum atomic E-state index is 15.1. The van der Waals surface area contributed by atoms with Gasteiger partial charge in [0.15, 0.2) is 0 Å². The number of hydrogen-bond acceptors (Lipinski definition) is 5. The molecular formula is C35H49FN4O. The molecule has 2 heterocycles. The average molecular weight is 561 g/mol. The summed E-state index contributed by atoms with van der Waals surface area (Å²) in [6, 6.07) is 6.33. The van der Waals surface area contributed by atoms with Gasteiger partial charge in [0.2, 0.25) is 0 Å². The SMILES string of the molecule is C\C=C/C(NC1=C(C)C(N=CCC)=CC(c2ccc(C3(C(=O)C(C)CC)CCNCC3)c(C)c2)N1)=C(F)\C=C\CC. The molecule has 0 aliphatic carbocycles. The minimum absolute atomic E-state index is 0.0304. The molecule has 0 radical (unpaired) electrons. The van der Waals surface area contributed by atoms with Gasteiger partial charge in [0, 0.05) is 17.7 Å². The van der Waals surface area contributed by atoms with Crippen molar-refractivity contribution in [1.82, 2.24) is 16.0 Å². The Balaban J connectivity index is 2.03. The topological polar surface area (TPSA) is 65.5 Å². The summed E-state index contributed by atoms with van der Waals surface area (Å²) >= 11 is 0. The number of allylic oxidation sites excluding steroid dienone is 6. The number of rotatable bonds is 12. The van der Waals surface area contributed by atoms with Crippen molar-refractivity contribution in [2.24, 2.45) is 10.9 Å². The molecule has 2 unspecified atom stereocenters. The van der Waals surface area contributed by atoms with Crippen molar-refractivity contribution in [2.45, 2.75) is 92.0 Å². The molecule has 0 aromatic heterocycles. The minimum atomic E-state index is -0.450. The third-order valence-electron chi connectivity index (χ3n) is 8.26. The Bertz CT molecular complexity index is 1260. The van der Waals surface area contributed by atoms with Gasteiger partial charge in [0.1, 0.15) is 17.4 Å². The van der Waals surface area contributed by atoms with Crippen LogP contribution in [0.25, 0.3) is 0 Å². The van der Waals surface area contributed by atoms with Crippen LogP contribution in [-0.2, 0) is 10.2 Å². The van der Waals surface area contributed by atoms with Gasteiger partial charge >= 0.3 is 0 Å². The number of Topliss-reactive ketones (excluding diaryl/α,β-unsaturated/α-hetero) is 1. The van der Waals surface area contributed by atoms with Crippen LogP contribution >= 0.6 is 0 Å². The van der Waals surface area contributed by atoms with Crippen molar-refractivity contribution >= 4 is 12.0 Å². The van der Waals surface area contributed by atoms with Crippen molar-refractivity contribution in [3.63, 3.8) is 0 Å². The molecule has 2 aliphatic rings. The molecule has 0 saturated carbocycles. The lowest BCUT2D eigenvalue weighted by Crippen LogP contribution is -2.48. The molecule has 1 saturated heterocycles. The number of benzene rings is 1. The van der Waals surface area contributed by atoms with Crippen LogP contribution in [0.3, 0.4) is 0 Å². The van der Waals surface area contributed by atoms with Gasteiger partial charge in [-0.1, -0.05) is 58.0 Å². The zero-order valence-electron chi connectivity index (χ0n) is 26.0. The molecule has 1 aromatic rings. The summed E-state index contributed by atoms with van der Waals surface area (Å²) in [5.41, 5.74) is 5.05. The highest BCUT2D eigenvalue weighted by Gasteiger charge is 2.43. The molecule has 41 heavy (non-hydrogen) atoms. The molecule has 222 valence electrons. The lowest BCUT2D eigenvalue weighted by molar-refractivity contribution is -0.129. The Morgan fingerprint density at radius 2 is 1.90 bits per heavy atom. The van der Waals surface area contributed by atoms with E-state index in [0.717, 1.165) is 79.0 Å². The molecule has 6 heteroatoms. The number of aliphatic imine (C=N–C) groups is 1. The number of hydrogen-bond donors (Lipinski definition) is 3. The molecule has 1 aromatic carbocycles. The van der Waals surface area contributed by atoms with Crippen LogP contribution in [0.4, 0.5) is 4.39 Å². The average Bonchev–Trinajstić information content (AvgIpc) is 2.99. The van der Waals surface area contributed by atoms with Crippen LogP contribution in [0.15, 0.2) is 82.2 Å². The third-order valence-corrected chi connectivity index (χ3v) is 8.26. The molecule has 0 spiro atoms. The second kappa shape index (κ2) is 15.1. The number of nitrogens with zero attached hydrogens (tertiary/aromatic N) is 1. The van der Waals surface area contributed by atoms with Crippen molar-refractivity contribution in [3.8, 4) is 0 Å². The number of nitrogens with one attached hydrogen (secondary N) is 3. The quantitative estimate of drug-likeness (QED) is 0.180. The summed E-state index contributed by atoms with van der Waals surface area (Å²) in [5.74, 6) is 0.784. The smallest absolute Gasteiger partial charge is 0.146 e. The van der Waals surface area contributed by atoms with Gasteiger partial charge in [-0.25, -0.2) is 4.39 Å². The summed E-state index contributed by atoms with van der Waals surface area (Å²) in [6.07, 6.45) is 15.0. The maximum Gasteiger partial charge on any atom is 0.146 e. The van der Waals surface area contributed by atoms with E-state index in [2.05, 4.69) is 67.9 Å². The Kier molecular flexibility index (Phi) is 11.9. The lowest BCUT2D eigenvalue weighted by Gasteiger charge is -2.40. The second-order valence-corrected chi connectivity index (χ2v) is 11.2. The largest absolute Gasteiger partial charge is 0.361 e. The standard InChI is InChI=1S/C35H49FN4O/c1-8-12-14-29(36)30(13-9-2)39-34-26(7)31(38-19-10-3)23-32(40-34)27-15-16-28(25(6)22-27)35(17-20-37-21-18-35)33(41)24(5)11-4/h9,12-16,19,22-24,32,37,39-40H,8,10-11,17-18,20-21H2,1-7H3/b13-9-,14-12+,30-29-,38-19?. The first-order valence-electron chi connectivity index (χ1n) is 15.3. The first-order chi connectivity index (χ1) is 19.7. The highest BCUT2D eigenvalue weighted by atomic mass is 19.1. The van der Waals surface area contributed by atoms with Crippen LogP contribution < -0.4 is 16.0 Å². The Labute approximate surface area is 246 Å². The number of ketones is 1. The molecule has 3 rings (SSSR count). The molecule has 1 fully saturated rings. The van der Waals surface area contributed by atoms with Crippen LogP contribution in [-0.4, -0.2) is 25.1 Å². The number of dihydropyridines is 1. The number of halogens is 1. The van der Waals surface area contributed by atoms with E-state index in [4.69, 9.17) is 4.99 Å².